The van der Waals surface area contributed by atoms with Gasteiger partial charge in [0.05, 0.1) is 0 Å². The molecule has 1 atom stereocenters. The highest BCUT2D eigenvalue weighted by atomic mass is 24.3. The molecule has 0 spiro atoms. The lowest BCUT2D eigenvalue weighted by atomic mass is 10.2. The predicted molar refractivity (Wildman–Crippen MR) is 53.3 cm³/mol. The maximum absolute atomic E-state index is 10.2. The lowest BCUT2D eigenvalue weighted by Gasteiger charge is -2.06. The van der Waals surface area contributed by atoms with E-state index >= 15 is 0 Å². The average Bonchev–Trinajstić information content (AvgIpc) is 1.97. The van der Waals surface area contributed by atoms with E-state index < -0.39 is 12.0 Å². The SMILES string of the molecule is N=C(N)NCCCC(N)C(=O)O.[MgH2]. The maximum Gasteiger partial charge on any atom is 0.320 e. The number of hydrogen-bond acceptors (Lipinski definition) is 3. The van der Waals surface area contributed by atoms with E-state index in [-0.39, 0.29) is 29.0 Å². The molecule has 0 fully saturated rings. The fraction of sp³-hybridized carbons (Fsp3) is 0.667. The summed E-state index contributed by atoms with van der Waals surface area (Å²) in [4.78, 5) is 10.2. The summed E-state index contributed by atoms with van der Waals surface area (Å²) in [6.07, 6.45) is 0.975. The minimum absolute atomic E-state index is 0. The van der Waals surface area contributed by atoms with Gasteiger partial charge in [-0.15, -0.1) is 0 Å². The number of hydrogen-bond donors (Lipinski definition) is 5. The van der Waals surface area contributed by atoms with Crippen LogP contribution in [0.15, 0.2) is 0 Å². The molecule has 0 aliphatic heterocycles. The molecule has 0 bridgehead atoms. The molecule has 0 rings (SSSR count). The molecule has 0 aromatic rings. The van der Waals surface area contributed by atoms with E-state index in [1.807, 2.05) is 0 Å². The zero-order valence-corrected chi connectivity index (χ0v) is 6.71. The standard InChI is InChI=1S/C6H14N4O2.Mg.2H/c7-4(5(11)12)2-1-3-10-6(8)9;;;/h4H,1-3,7H2,(H,11,12)(H4,8,9,10);;;. The highest BCUT2D eigenvalue weighted by molar-refractivity contribution is 5.75. The Balaban J connectivity index is 0. The number of guanidine groups is 1. The predicted octanol–water partition coefficient (Wildman–Crippen LogP) is -2.25. The highest BCUT2D eigenvalue weighted by Crippen LogP contribution is 1.92. The van der Waals surface area contributed by atoms with Crippen LogP contribution in [0.5, 0.6) is 0 Å². The Kier molecular flexibility index (Phi) is 9.30. The van der Waals surface area contributed by atoms with E-state index in [9.17, 15) is 4.79 Å². The van der Waals surface area contributed by atoms with Gasteiger partial charge < -0.3 is 21.9 Å². The molecule has 0 aliphatic rings. The van der Waals surface area contributed by atoms with E-state index in [0.717, 1.165) is 0 Å². The highest BCUT2D eigenvalue weighted by Gasteiger charge is 2.09. The van der Waals surface area contributed by atoms with E-state index in [2.05, 4.69) is 5.32 Å². The second-order valence-electron chi connectivity index (χ2n) is 2.43. The van der Waals surface area contributed by atoms with Crippen molar-refractivity contribution in [2.24, 2.45) is 11.5 Å². The van der Waals surface area contributed by atoms with Crippen molar-refractivity contribution >= 4 is 35.0 Å². The van der Waals surface area contributed by atoms with Gasteiger partial charge >= 0.3 is 29.0 Å². The minimum atomic E-state index is -1.00. The summed E-state index contributed by atoms with van der Waals surface area (Å²) in [5, 5.41) is 17.7. The van der Waals surface area contributed by atoms with Crippen LogP contribution in [0, 0.1) is 5.41 Å². The summed E-state index contributed by atoms with van der Waals surface area (Å²) in [6, 6.07) is -0.821. The third kappa shape index (κ3) is 9.38. The number of aliphatic carboxylic acids is 1. The zero-order valence-electron chi connectivity index (χ0n) is 6.71. The molecule has 13 heavy (non-hydrogen) atoms. The Morgan fingerprint density at radius 3 is 2.54 bits per heavy atom. The summed E-state index contributed by atoms with van der Waals surface area (Å²) in [5.41, 5.74) is 10.2. The van der Waals surface area contributed by atoms with Crippen molar-refractivity contribution in [2.45, 2.75) is 18.9 Å². The first-order valence-corrected chi connectivity index (χ1v) is 3.60. The Labute approximate surface area is 92.7 Å². The van der Waals surface area contributed by atoms with Crippen LogP contribution in [0.4, 0.5) is 0 Å². The third-order valence-corrected chi connectivity index (χ3v) is 1.32. The van der Waals surface area contributed by atoms with Gasteiger partial charge in [0, 0.05) is 6.54 Å². The molecular weight excluding hydrogens is 184 g/mol. The van der Waals surface area contributed by atoms with Crippen molar-refractivity contribution < 1.29 is 9.90 Å². The normalized spacial score (nSPS) is 11.2. The fourth-order valence-electron chi connectivity index (χ4n) is 0.669. The molecule has 6 nitrogen and oxygen atoms in total. The third-order valence-electron chi connectivity index (χ3n) is 1.32. The van der Waals surface area contributed by atoms with Crippen LogP contribution in [-0.2, 0) is 4.79 Å². The van der Waals surface area contributed by atoms with Gasteiger partial charge in [-0.1, -0.05) is 0 Å². The summed E-state index contributed by atoms with van der Waals surface area (Å²) >= 11 is 0. The summed E-state index contributed by atoms with van der Waals surface area (Å²) in [5.74, 6) is -1.11. The average molecular weight is 201 g/mol. The molecule has 0 heterocycles. The van der Waals surface area contributed by atoms with Gasteiger partial charge in [-0.05, 0) is 12.8 Å². The monoisotopic (exact) mass is 200 g/mol. The summed E-state index contributed by atoms with van der Waals surface area (Å²) < 4.78 is 0. The molecule has 0 radical (unpaired) electrons. The Hall–Kier alpha value is -0.534. The Bertz CT molecular complexity index is 176. The van der Waals surface area contributed by atoms with Gasteiger partial charge in [-0.2, -0.15) is 0 Å². The Morgan fingerprint density at radius 2 is 2.15 bits per heavy atom. The topological polar surface area (TPSA) is 125 Å². The second kappa shape index (κ2) is 8.08. The fourth-order valence-corrected chi connectivity index (χ4v) is 0.669. The molecule has 0 aliphatic carbocycles. The smallest absolute Gasteiger partial charge is 0.320 e. The first-order valence-electron chi connectivity index (χ1n) is 3.60. The van der Waals surface area contributed by atoms with Crippen molar-refractivity contribution in [2.75, 3.05) is 6.54 Å². The first kappa shape index (κ1) is 15.0. The summed E-state index contributed by atoms with van der Waals surface area (Å²) in [6.45, 7) is 0.482. The van der Waals surface area contributed by atoms with E-state index in [1.54, 1.807) is 0 Å². The number of rotatable bonds is 5. The zero-order chi connectivity index (χ0) is 9.56. The van der Waals surface area contributed by atoms with Crippen LogP contribution in [0.1, 0.15) is 12.8 Å². The van der Waals surface area contributed by atoms with Gasteiger partial charge in [0.25, 0.3) is 0 Å². The molecule has 0 aromatic carbocycles. The van der Waals surface area contributed by atoms with E-state index in [1.165, 1.54) is 0 Å². The van der Waals surface area contributed by atoms with Crippen LogP contribution in [0.25, 0.3) is 0 Å². The number of carboxylic acid groups (broad SMARTS) is 1. The quantitative estimate of drug-likeness (QED) is 0.148. The van der Waals surface area contributed by atoms with Gasteiger partial charge in [0.2, 0.25) is 0 Å². The van der Waals surface area contributed by atoms with Crippen LogP contribution in [-0.4, -0.2) is 52.7 Å². The van der Waals surface area contributed by atoms with Crippen LogP contribution < -0.4 is 16.8 Å². The first-order chi connectivity index (χ1) is 5.54. The van der Waals surface area contributed by atoms with Gasteiger partial charge in [-0.25, -0.2) is 0 Å². The molecule has 1 unspecified atom stereocenters. The number of carbonyl (C=O) groups is 1. The minimum Gasteiger partial charge on any atom is -0.480 e. The van der Waals surface area contributed by atoms with Crippen LogP contribution >= 0.6 is 0 Å². The van der Waals surface area contributed by atoms with Crippen molar-refractivity contribution in [1.82, 2.24) is 5.32 Å². The second-order valence-corrected chi connectivity index (χ2v) is 2.43. The van der Waals surface area contributed by atoms with Crippen LogP contribution in [0.2, 0.25) is 0 Å². The molecule has 0 amide bonds. The molecule has 7 heteroatoms. The van der Waals surface area contributed by atoms with Crippen molar-refractivity contribution in [1.29, 1.82) is 5.41 Å². The molecule has 74 valence electrons. The molecule has 0 saturated carbocycles. The van der Waals surface area contributed by atoms with Crippen LogP contribution in [0.3, 0.4) is 0 Å². The van der Waals surface area contributed by atoms with Crippen molar-refractivity contribution in [3.8, 4) is 0 Å². The van der Waals surface area contributed by atoms with E-state index in [0.29, 0.717) is 19.4 Å². The lowest BCUT2D eigenvalue weighted by Crippen LogP contribution is -2.34. The molecule has 0 saturated heterocycles. The van der Waals surface area contributed by atoms with Gasteiger partial charge in [0.1, 0.15) is 6.04 Å². The lowest BCUT2D eigenvalue weighted by molar-refractivity contribution is -0.138. The Morgan fingerprint density at radius 1 is 1.62 bits per heavy atom. The number of nitrogens with one attached hydrogen (secondary N) is 2. The van der Waals surface area contributed by atoms with Gasteiger partial charge in [-0.3, -0.25) is 10.2 Å². The number of nitrogens with two attached hydrogens (primary N) is 2. The largest absolute Gasteiger partial charge is 0.480 e. The van der Waals surface area contributed by atoms with E-state index in [4.69, 9.17) is 22.0 Å². The summed E-state index contributed by atoms with van der Waals surface area (Å²) in [7, 11) is 0. The van der Waals surface area contributed by atoms with Crippen molar-refractivity contribution in [3.63, 3.8) is 0 Å². The van der Waals surface area contributed by atoms with Gasteiger partial charge in [0.15, 0.2) is 5.96 Å². The molecular formula is C6H16MgN4O2. The molecule has 0 aromatic heterocycles. The van der Waals surface area contributed by atoms with Crippen molar-refractivity contribution in [3.05, 3.63) is 0 Å². The number of carboxylic acids is 1. The maximum atomic E-state index is 10.2. The molecule has 7 N–H and O–H groups in total.